The zero-order chi connectivity index (χ0) is 15.7. The summed E-state index contributed by atoms with van der Waals surface area (Å²) in [6.45, 7) is 1.15. The van der Waals surface area contributed by atoms with Gasteiger partial charge < -0.3 is 5.11 Å². The highest BCUT2D eigenvalue weighted by atomic mass is 32.2. The van der Waals surface area contributed by atoms with Crippen LogP contribution in [0.5, 0.6) is 0 Å². The minimum atomic E-state index is -4.04. The van der Waals surface area contributed by atoms with Gasteiger partial charge in [0.1, 0.15) is 0 Å². The van der Waals surface area contributed by atoms with Crippen molar-refractivity contribution in [3.05, 3.63) is 70.3 Å². The van der Waals surface area contributed by atoms with Crippen molar-refractivity contribution in [2.75, 3.05) is 0 Å². The maximum absolute atomic E-state index is 12.5. The van der Waals surface area contributed by atoms with Crippen molar-refractivity contribution in [2.45, 2.75) is 16.8 Å². The standard InChI is InChI=1S/C14H13NO5S/c1-14(16,11-7-9-12(10-8-11)15(17)18)21(19,20)13-5-3-2-4-6-13/h2-10,16H,1H3. The van der Waals surface area contributed by atoms with Crippen LogP contribution < -0.4 is 0 Å². The molecule has 2 aromatic carbocycles. The third-order valence-electron chi connectivity index (χ3n) is 3.19. The van der Waals surface area contributed by atoms with Crippen molar-refractivity contribution in [3.8, 4) is 0 Å². The lowest BCUT2D eigenvalue weighted by Gasteiger charge is -2.23. The minimum absolute atomic E-state index is 0.0200. The van der Waals surface area contributed by atoms with Gasteiger partial charge in [-0.2, -0.15) is 0 Å². The summed E-state index contributed by atoms with van der Waals surface area (Å²) in [5.41, 5.74) is -0.108. The molecular formula is C14H13NO5S. The molecule has 2 rings (SSSR count). The number of nitrogens with zero attached hydrogens (tertiary/aromatic N) is 1. The zero-order valence-corrected chi connectivity index (χ0v) is 11.9. The third-order valence-corrected chi connectivity index (χ3v) is 5.37. The van der Waals surface area contributed by atoms with Gasteiger partial charge in [0.25, 0.3) is 5.69 Å². The number of non-ortho nitro benzene ring substituents is 1. The Morgan fingerprint density at radius 1 is 1.05 bits per heavy atom. The van der Waals surface area contributed by atoms with Crippen LogP contribution in [0, 0.1) is 10.1 Å². The van der Waals surface area contributed by atoms with E-state index in [0.29, 0.717) is 0 Å². The van der Waals surface area contributed by atoms with Crippen molar-refractivity contribution in [1.29, 1.82) is 0 Å². The van der Waals surface area contributed by atoms with Crippen LogP contribution in [0.15, 0.2) is 59.5 Å². The molecule has 0 fully saturated rings. The number of hydrogen-bond donors (Lipinski definition) is 1. The van der Waals surface area contributed by atoms with Gasteiger partial charge in [0.15, 0.2) is 4.93 Å². The Hall–Kier alpha value is -2.25. The summed E-state index contributed by atoms with van der Waals surface area (Å²) in [4.78, 5) is 7.81. The second-order valence-corrected chi connectivity index (χ2v) is 6.88. The van der Waals surface area contributed by atoms with E-state index in [1.807, 2.05) is 0 Å². The molecule has 0 spiro atoms. The molecule has 110 valence electrons. The van der Waals surface area contributed by atoms with E-state index in [9.17, 15) is 23.6 Å². The van der Waals surface area contributed by atoms with Crippen LogP contribution in [0.3, 0.4) is 0 Å². The molecule has 0 amide bonds. The first-order chi connectivity index (χ1) is 9.76. The molecule has 0 bridgehead atoms. The van der Waals surface area contributed by atoms with Gasteiger partial charge in [-0.05, 0) is 36.8 Å². The molecule has 0 aromatic heterocycles. The second-order valence-electron chi connectivity index (χ2n) is 4.60. The molecule has 1 atom stereocenters. The molecule has 7 heteroatoms. The average molecular weight is 307 g/mol. The molecule has 21 heavy (non-hydrogen) atoms. The molecule has 1 unspecified atom stereocenters. The summed E-state index contributed by atoms with van der Waals surface area (Å²) >= 11 is 0. The van der Waals surface area contributed by atoms with Crippen molar-refractivity contribution < 1.29 is 18.4 Å². The highest BCUT2D eigenvalue weighted by Gasteiger charge is 2.40. The zero-order valence-electron chi connectivity index (χ0n) is 11.1. The predicted molar refractivity (Wildman–Crippen MR) is 76.3 cm³/mol. The number of hydrogen-bond acceptors (Lipinski definition) is 5. The fourth-order valence-corrected chi connectivity index (χ4v) is 3.30. The Morgan fingerprint density at radius 3 is 2.05 bits per heavy atom. The third kappa shape index (κ3) is 2.65. The van der Waals surface area contributed by atoms with Crippen LogP contribution >= 0.6 is 0 Å². The Morgan fingerprint density at radius 2 is 1.57 bits per heavy atom. The fraction of sp³-hybridized carbons (Fsp3) is 0.143. The second kappa shape index (κ2) is 5.27. The Balaban J connectivity index is 2.48. The topological polar surface area (TPSA) is 97.5 Å². The van der Waals surface area contributed by atoms with Gasteiger partial charge in [-0.1, -0.05) is 18.2 Å². The van der Waals surface area contributed by atoms with E-state index >= 15 is 0 Å². The van der Waals surface area contributed by atoms with E-state index in [1.165, 1.54) is 24.3 Å². The number of nitro groups is 1. The highest BCUT2D eigenvalue weighted by molar-refractivity contribution is 7.92. The lowest BCUT2D eigenvalue weighted by Crippen LogP contribution is -2.32. The Bertz CT molecular complexity index is 752. The normalized spacial score (nSPS) is 14.4. The van der Waals surface area contributed by atoms with E-state index in [-0.39, 0.29) is 16.1 Å². The van der Waals surface area contributed by atoms with Crippen LogP contribution in [-0.2, 0) is 14.8 Å². The number of aliphatic hydroxyl groups is 1. The number of benzene rings is 2. The first-order valence-corrected chi connectivity index (χ1v) is 7.52. The maximum Gasteiger partial charge on any atom is 0.269 e. The van der Waals surface area contributed by atoms with E-state index in [4.69, 9.17) is 0 Å². The van der Waals surface area contributed by atoms with Crippen molar-refractivity contribution in [2.24, 2.45) is 0 Å². The molecule has 0 aliphatic rings. The number of rotatable bonds is 4. The van der Waals surface area contributed by atoms with E-state index in [1.54, 1.807) is 18.2 Å². The summed E-state index contributed by atoms with van der Waals surface area (Å²) < 4.78 is 25.0. The van der Waals surface area contributed by atoms with Gasteiger partial charge in [-0.25, -0.2) is 8.42 Å². The van der Waals surface area contributed by atoms with Crippen molar-refractivity contribution >= 4 is 15.5 Å². The molecule has 0 aliphatic heterocycles. The largest absolute Gasteiger partial charge is 0.371 e. The van der Waals surface area contributed by atoms with Gasteiger partial charge in [0.05, 0.1) is 9.82 Å². The van der Waals surface area contributed by atoms with Crippen molar-refractivity contribution in [1.82, 2.24) is 0 Å². The highest BCUT2D eigenvalue weighted by Crippen LogP contribution is 2.33. The van der Waals surface area contributed by atoms with Crippen molar-refractivity contribution in [3.63, 3.8) is 0 Å². The maximum atomic E-state index is 12.5. The van der Waals surface area contributed by atoms with E-state index < -0.39 is 19.7 Å². The Labute approximate surface area is 121 Å². The first-order valence-electron chi connectivity index (χ1n) is 6.04. The van der Waals surface area contributed by atoms with E-state index in [0.717, 1.165) is 19.1 Å². The molecule has 6 nitrogen and oxygen atoms in total. The molecule has 0 radical (unpaired) electrons. The first kappa shape index (κ1) is 15.1. The summed E-state index contributed by atoms with van der Waals surface area (Å²) in [7, 11) is -4.04. The lowest BCUT2D eigenvalue weighted by molar-refractivity contribution is -0.384. The Kier molecular flexibility index (Phi) is 3.80. The molecule has 0 saturated carbocycles. The van der Waals surface area contributed by atoms with Gasteiger partial charge >= 0.3 is 0 Å². The van der Waals surface area contributed by atoms with Gasteiger partial charge in [0.2, 0.25) is 9.84 Å². The average Bonchev–Trinajstić information content (AvgIpc) is 2.48. The quantitative estimate of drug-likeness (QED) is 0.690. The fourth-order valence-electron chi connectivity index (χ4n) is 1.88. The molecule has 2 aromatic rings. The summed E-state index contributed by atoms with van der Waals surface area (Å²) in [6, 6.07) is 12.3. The summed E-state index contributed by atoms with van der Waals surface area (Å²) in [6.07, 6.45) is 0. The smallest absolute Gasteiger partial charge is 0.269 e. The monoisotopic (exact) mass is 307 g/mol. The molecule has 0 saturated heterocycles. The van der Waals surface area contributed by atoms with Gasteiger partial charge in [-0.15, -0.1) is 0 Å². The SMILES string of the molecule is CC(O)(c1ccc([N+](=O)[O-])cc1)S(=O)(=O)c1ccccc1. The summed E-state index contributed by atoms with van der Waals surface area (Å²) in [5.74, 6) is 0. The predicted octanol–water partition coefficient (Wildman–Crippen LogP) is 2.23. The van der Waals surface area contributed by atoms with Crippen LogP contribution in [0.4, 0.5) is 5.69 Å². The lowest BCUT2D eigenvalue weighted by atomic mass is 10.1. The number of sulfone groups is 1. The van der Waals surface area contributed by atoms with Gasteiger partial charge in [0, 0.05) is 12.1 Å². The summed E-state index contributed by atoms with van der Waals surface area (Å²) in [5, 5.41) is 21.0. The molecule has 1 N–H and O–H groups in total. The molecule has 0 heterocycles. The van der Waals surface area contributed by atoms with Crippen LogP contribution in [0.2, 0.25) is 0 Å². The van der Waals surface area contributed by atoms with Gasteiger partial charge in [-0.3, -0.25) is 10.1 Å². The van der Waals surface area contributed by atoms with Crippen LogP contribution in [0.25, 0.3) is 0 Å². The van der Waals surface area contributed by atoms with E-state index in [2.05, 4.69) is 0 Å². The molecule has 0 aliphatic carbocycles. The van der Waals surface area contributed by atoms with Crippen LogP contribution in [-0.4, -0.2) is 18.4 Å². The molecular weight excluding hydrogens is 294 g/mol. The number of nitro benzene ring substituents is 1. The van der Waals surface area contributed by atoms with Crippen LogP contribution in [0.1, 0.15) is 12.5 Å². The minimum Gasteiger partial charge on any atom is -0.371 e.